The molecule has 2 aliphatic rings. The van der Waals surface area contributed by atoms with E-state index in [-0.39, 0.29) is 6.10 Å². The Hall–Kier alpha value is -1.92. The van der Waals surface area contributed by atoms with E-state index < -0.39 is 0 Å². The van der Waals surface area contributed by atoms with Gasteiger partial charge in [0, 0.05) is 25.0 Å². The third-order valence-electron chi connectivity index (χ3n) is 5.26. The average molecular weight is 341 g/mol. The summed E-state index contributed by atoms with van der Waals surface area (Å²) in [5.74, 6) is 1.27. The summed E-state index contributed by atoms with van der Waals surface area (Å²) in [4.78, 5) is 13.9. The molecule has 6 heteroatoms. The molecule has 1 atom stereocenters. The molecule has 0 aliphatic carbocycles. The largest absolute Gasteiger partial charge is 0.383 e. The van der Waals surface area contributed by atoms with Crippen molar-refractivity contribution in [2.45, 2.75) is 31.8 Å². The van der Waals surface area contributed by atoms with Crippen LogP contribution in [-0.2, 0) is 4.74 Å². The number of likely N-dealkylation sites (tertiary alicyclic amines) is 1. The van der Waals surface area contributed by atoms with Crippen LogP contribution in [0.1, 0.15) is 25.7 Å². The van der Waals surface area contributed by atoms with Crippen LogP contribution in [0, 0.1) is 0 Å². The predicted octanol–water partition coefficient (Wildman–Crippen LogP) is 2.29. The Labute approximate surface area is 149 Å². The maximum absolute atomic E-state index is 6.11. The number of rotatable bonds is 5. The Balaban J connectivity index is 1.33. The Kier molecular flexibility index (Phi) is 4.99. The van der Waals surface area contributed by atoms with E-state index in [9.17, 15) is 0 Å². The third-order valence-corrected chi connectivity index (χ3v) is 5.26. The molecule has 2 N–H and O–H groups in total. The van der Waals surface area contributed by atoms with E-state index >= 15 is 0 Å². The molecule has 4 rings (SSSR count). The number of para-hydroxylation sites is 1. The number of hydrogen-bond acceptors (Lipinski definition) is 6. The van der Waals surface area contributed by atoms with Crippen LogP contribution in [0.25, 0.3) is 10.9 Å². The van der Waals surface area contributed by atoms with Crippen LogP contribution >= 0.6 is 0 Å². The first-order chi connectivity index (χ1) is 12.3. The molecule has 0 spiro atoms. The summed E-state index contributed by atoms with van der Waals surface area (Å²) in [5.41, 5.74) is 7.01. The molecule has 6 nitrogen and oxygen atoms in total. The molecule has 1 aromatic carbocycles. The van der Waals surface area contributed by atoms with Gasteiger partial charge in [-0.05, 0) is 44.5 Å². The van der Waals surface area contributed by atoms with Crippen molar-refractivity contribution in [2.24, 2.45) is 0 Å². The Bertz CT molecular complexity index is 716. The highest BCUT2D eigenvalue weighted by Gasteiger charge is 2.25. The molecule has 2 saturated heterocycles. The molecule has 0 radical (unpaired) electrons. The van der Waals surface area contributed by atoms with Crippen molar-refractivity contribution < 1.29 is 4.74 Å². The van der Waals surface area contributed by atoms with Gasteiger partial charge in [0.15, 0.2) is 0 Å². The summed E-state index contributed by atoms with van der Waals surface area (Å²) in [5, 5.41) is 0.916. The summed E-state index contributed by atoms with van der Waals surface area (Å²) in [7, 11) is 0. The normalized spacial score (nSPS) is 21.9. The fourth-order valence-corrected chi connectivity index (χ4v) is 3.81. The molecule has 3 heterocycles. The van der Waals surface area contributed by atoms with Crippen molar-refractivity contribution in [1.29, 1.82) is 0 Å². The second-order valence-corrected chi connectivity index (χ2v) is 7.06. The fourth-order valence-electron chi connectivity index (χ4n) is 3.81. The number of fused-ring (bicyclic) bond motifs is 1. The van der Waals surface area contributed by atoms with Gasteiger partial charge in [0.05, 0.1) is 18.2 Å². The van der Waals surface area contributed by atoms with Crippen molar-refractivity contribution in [3.63, 3.8) is 0 Å². The standard InChI is InChI=1S/C19H27N5O/c20-18-16-6-2-3-7-17(16)21-19(22-18)24-11-8-15(14-24)25-13-12-23-9-4-1-5-10-23/h2-3,6-7,15H,1,4-5,8-14H2,(H2,20,21,22). The van der Waals surface area contributed by atoms with Gasteiger partial charge in [-0.15, -0.1) is 0 Å². The first-order valence-electron chi connectivity index (χ1n) is 9.41. The lowest BCUT2D eigenvalue weighted by atomic mass is 10.1. The van der Waals surface area contributed by atoms with Crippen LogP contribution in [0.3, 0.4) is 0 Å². The molecule has 2 aliphatic heterocycles. The van der Waals surface area contributed by atoms with Gasteiger partial charge in [0.2, 0.25) is 5.95 Å². The molecular formula is C19H27N5O. The van der Waals surface area contributed by atoms with Gasteiger partial charge in [0.1, 0.15) is 5.82 Å². The van der Waals surface area contributed by atoms with Gasteiger partial charge in [-0.1, -0.05) is 18.6 Å². The van der Waals surface area contributed by atoms with Gasteiger partial charge in [-0.25, -0.2) is 4.98 Å². The van der Waals surface area contributed by atoms with Gasteiger partial charge < -0.3 is 20.3 Å². The van der Waals surface area contributed by atoms with Crippen LogP contribution in [0.2, 0.25) is 0 Å². The number of hydrogen-bond donors (Lipinski definition) is 1. The molecule has 1 unspecified atom stereocenters. The van der Waals surface area contributed by atoms with Crippen LogP contribution in [0.15, 0.2) is 24.3 Å². The fraction of sp³-hybridized carbons (Fsp3) is 0.579. The lowest BCUT2D eigenvalue weighted by Crippen LogP contribution is -2.34. The van der Waals surface area contributed by atoms with Crippen molar-refractivity contribution in [2.75, 3.05) is 50.0 Å². The smallest absolute Gasteiger partial charge is 0.227 e. The van der Waals surface area contributed by atoms with Crippen molar-refractivity contribution in [3.05, 3.63) is 24.3 Å². The highest BCUT2D eigenvalue weighted by Crippen LogP contribution is 2.24. The van der Waals surface area contributed by atoms with E-state index in [1.165, 1.54) is 32.4 Å². The first kappa shape index (κ1) is 16.5. The maximum Gasteiger partial charge on any atom is 0.227 e. The van der Waals surface area contributed by atoms with E-state index in [0.29, 0.717) is 5.82 Å². The zero-order chi connectivity index (χ0) is 17.1. The maximum atomic E-state index is 6.11. The summed E-state index contributed by atoms with van der Waals surface area (Å²) < 4.78 is 6.11. The number of nitrogens with two attached hydrogens (primary N) is 1. The van der Waals surface area contributed by atoms with Crippen molar-refractivity contribution >= 4 is 22.7 Å². The lowest BCUT2D eigenvalue weighted by molar-refractivity contribution is 0.0466. The molecular weight excluding hydrogens is 314 g/mol. The predicted molar refractivity (Wildman–Crippen MR) is 101 cm³/mol. The molecule has 1 aromatic heterocycles. The molecule has 0 amide bonds. The van der Waals surface area contributed by atoms with Crippen molar-refractivity contribution in [1.82, 2.24) is 14.9 Å². The average Bonchev–Trinajstić information content (AvgIpc) is 3.12. The number of anilines is 2. The molecule has 2 fully saturated rings. The van der Waals surface area contributed by atoms with E-state index in [4.69, 9.17) is 10.5 Å². The van der Waals surface area contributed by atoms with Crippen LogP contribution in [0.4, 0.5) is 11.8 Å². The van der Waals surface area contributed by atoms with Crippen molar-refractivity contribution in [3.8, 4) is 0 Å². The van der Waals surface area contributed by atoms with Gasteiger partial charge in [-0.3, -0.25) is 0 Å². The monoisotopic (exact) mass is 341 g/mol. The third kappa shape index (κ3) is 3.85. The number of nitrogen functional groups attached to an aromatic ring is 1. The van der Waals surface area contributed by atoms with Gasteiger partial charge in [0.25, 0.3) is 0 Å². The molecule has 2 aromatic rings. The zero-order valence-electron chi connectivity index (χ0n) is 14.7. The summed E-state index contributed by atoms with van der Waals surface area (Å²) in [6.45, 7) is 6.09. The minimum absolute atomic E-state index is 0.265. The number of aromatic nitrogens is 2. The molecule has 0 saturated carbocycles. The summed E-state index contributed by atoms with van der Waals surface area (Å²) >= 11 is 0. The second kappa shape index (κ2) is 7.54. The Morgan fingerprint density at radius 1 is 1.08 bits per heavy atom. The highest BCUT2D eigenvalue weighted by atomic mass is 16.5. The molecule has 0 bridgehead atoms. The number of ether oxygens (including phenoxy) is 1. The first-order valence-corrected chi connectivity index (χ1v) is 9.41. The minimum atomic E-state index is 0.265. The SMILES string of the molecule is Nc1nc(N2CCC(OCCN3CCCCC3)C2)nc2ccccc12. The second-order valence-electron chi connectivity index (χ2n) is 7.06. The summed E-state index contributed by atoms with van der Waals surface area (Å²) in [6.07, 6.45) is 5.33. The number of piperidine rings is 1. The van der Waals surface area contributed by atoms with Crippen LogP contribution in [0.5, 0.6) is 0 Å². The topological polar surface area (TPSA) is 67.5 Å². The molecule has 25 heavy (non-hydrogen) atoms. The Morgan fingerprint density at radius 2 is 1.92 bits per heavy atom. The zero-order valence-corrected chi connectivity index (χ0v) is 14.7. The lowest BCUT2D eigenvalue weighted by Gasteiger charge is -2.26. The highest BCUT2D eigenvalue weighted by molar-refractivity contribution is 5.88. The minimum Gasteiger partial charge on any atom is -0.383 e. The van der Waals surface area contributed by atoms with Crippen LogP contribution < -0.4 is 10.6 Å². The number of benzene rings is 1. The number of nitrogens with zero attached hydrogens (tertiary/aromatic N) is 4. The summed E-state index contributed by atoms with van der Waals surface area (Å²) in [6, 6.07) is 7.89. The van der Waals surface area contributed by atoms with E-state index in [1.54, 1.807) is 0 Å². The van der Waals surface area contributed by atoms with Gasteiger partial charge in [-0.2, -0.15) is 4.98 Å². The van der Waals surface area contributed by atoms with E-state index in [1.807, 2.05) is 24.3 Å². The van der Waals surface area contributed by atoms with E-state index in [0.717, 1.165) is 49.5 Å². The molecule has 134 valence electrons. The quantitative estimate of drug-likeness (QED) is 0.900. The van der Waals surface area contributed by atoms with E-state index in [2.05, 4.69) is 19.8 Å². The van der Waals surface area contributed by atoms with Crippen LogP contribution in [-0.4, -0.2) is 60.3 Å². The van der Waals surface area contributed by atoms with Gasteiger partial charge >= 0.3 is 0 Å². The Morgan fingerprint density at radius 3 is 2.80 bits per heavy atom.